The Bertz CT molecular complexity index is 1670. The molecule has 1 saturated heterocycles. The van der Waals surface area contributed by atoms with Crippen molar-refractivity contribution in [1.82, 2.24) is 0 Å². The largest absolute Gasteiger partial charge is 0.468 e. The highest BCUT2D eigenvalue weighted by Gasteiger charge is 2.34. The third kappa shape index (κ3) is 10.0. The van der Waals surface area contributed by atoms with Crippen molar-refractivity contribution in [2.75, 3.05) is 53.4 Å². The normalized spacial score (nSPS) is 17.8. The molecule has 2 saturated carbocycles. The van der Waals surface area contributed by atoms with Gasteiger partial charge in [0.1, 0.15) is 17.2 Å². The van der Waals surface area contributed by atoms with Crippen molar-refractivity contribution >= 4 is 11.9 Å². The van der Waals surface area contributed by atoms with Crippen molar-refractivity contribution in [2.24, 2.45) is 16.2 Å². The maximum Gasteiger partial charge on any atom is 0.343 e. The van der Waals surface area contributed by atoms with Gasteiger partial charge in [-0.1, -0.05) is 33.6 Å². The molecule has 1 heterocycles. The monoisotopic (exact) mass is 718 g/mol. The molecule has 2 aliphatic carbocycles. The highest BCUT2D eigenvalue weighted by atomic mass is 16.7. The lowest BCUT2D eigenvalue weighted by atomic mass is 9.71. The second-order valence-corrected chi connectivity index (χ2v) is 15.4. The van der Waals surface area contributed by atoms with Crippen molar-refractivity contribution in [3.63, 3.8) is 0 Å². The summed E-state index contributed by atoms with van der Waals surface area (Å²) in [5.74, 6) is 0.887. The summed E-state index contributed by atoms with van der Waals surface area (Å²) in [6.07, 6.45) is 7.03. The SMILES string of the molecule is Cc1cc(OC(=O)c2ccc(OCOCC3(C)COC3)cc2)ccc1OC(=O)c1ccc(OCOCC2(C)CCC2)c(OCOCC2(C)CCC2)c1. The molecule has 0 N–H and O–H groups in total. The summed E-state index contributed by atoms with van der Waals surface area (Å²) in [4.78, 5) is 26.1. The van der Waals surface area contributed by atoms with Gasteiger partial charge in [-0.15, -0.1) is 0 Å². The molecular weight excluding hydrogens is 668 g/mol. The highest BCUT2D eigenvalue weighted by Crippen LogP contribution is 2.41. The lowest BCUT2D eigenvalue weighted by Gasteiger charge is -2.37. The van der Waals surface area contributed by atoms with Crippen LogP contribution >= 0.6 is 0 Å². The quantitative estimate of drug-likeness (QED) is 0.0521. The number of hydrogen-bond acceptors (Lipinski definition) is 11. The molecule has 3 fully saturated rings. The first-order valence-electron chi connectivity index (χ1n) is 18.0. The fourth-order valence-electron chi connectivity index (χ4n) is 6.25. The minimum absolute atomic E-state index is 0.0195. The van der Waals surface area contributed by atoms with Crippen molar-refractivity contribution in [3.8, 4) is 28.7 Å². The summed E-state index contributed by atoms with van der Waals surface area (Å²) in [6, 6.07) is 16.3. The van der Waals surface area contributed by atoms with E-state index in [9.17, 15) is 9.59 Å². The van der Waals surface area contributed by atoms with Gasteiger partial charge in [-0.2, -0.15) is 0 Å². The van der Waals surface area contributed by atoms with E-state index in [1.807, 2.05) is 0 Å². The molecule has 3 aromatic carbocycles. The Balaban J connectivity index is 1.01. The first kappa shape index (κ1) is 37.6. The zero-order chi connectivity index (χ0) is 36.6. The van der Waals surface area contributed by atoms with Crippen molar-refractivity contribution in [1.29, 1.82) is 0 Å². The Morgan fingerprint density at radius 3 is 1.65 bits per heavy atom. The van der Waals surface area contributed by atoms with Gasteiger partial charge in [0.25, 0.3) is 0 Å². The molecule has 0 amide bonds. The van der Waals surface area contributed by atoms with Crippen molar-refractivity contribution < 1.29 is 52.2 Å². The predicted molar refractivity (Wildman–Crippen MR) is 191 cm³/mol. The van der Waals surface area contributed by atoms with E-state index in [1.165, 1.54) is 12.8 Å². The number of esters is 2. The van der Waals surface area contributed by atoms with Gasteiger partial charge in [0.05, 0.1) is 44.2 Å². The van der Waals surface area contributed by atoms with Crippen LogP contribution in [-0.2, 0) is 18.9 Å². The molecule has 11 heteroatoms. The minimum Gasteiger partial charge on any atom is -0.468 e. The van der Waals surface area contributed by atoms with E-state index in [0.29, 0.717) is 72.9 Å². The average molecular weight is 719 g/mol. The number of ether oxygens (including phenoxy) is 9. The molecule has 11 nitrogen and oxygen atoms in total. The summed E-state index contributed by atoms with van der Waals surface area (Å²) >= 11 is 0. The molecule has 3 aromatic rings. The first-order chi connectivity index (χ1) is 25.0. The molecule has 0 bridgehead atoms. The third-order valence-electron chi connectivity index (χ3n) is 10.1. The lowest BCUT2D eigenvalue weighted by molar-refractivity contribution is -0.151. The van der Waals surface area contributed by atoms with E-state index in [0.717, 1.165) is 25.7 Å². The molecule has 6 rings (SSSR count). The van der Waals surface area contributed by atoms with Gasteiger partial charge in [0.15, 0.2) is 31.9 Å². The maximum absolute atomic E-state index is 13.3. The van der Waals surface area contributed by atoms with E-state index < -0.39 is 11.9 Å². The third-order valence-corrected chi connectivity index (χ3v) is 10.1. The Hall–Kier alpha value is -4.16. The molecular formula is C41H50O11. The van der Waals surface area contributed by atoms with Crippen LogP contribution < -0.4 is 23.7 Å². The van der Waals surface area contributed by atoms with Gasteiger partial charge >= 0.3 is 11.9 Å². The summed E-state index contributed by atoms with van der Waals surface area (Å²) < 4.78 is 51.3. The van der Waals surface area contributed by atoms with Gasteiger partial charge in [-0.05, 0) is 110 Å². The van der Waals surface area contributed by atoms with Crippen LogP contribution in [-0.4, -0.2) is 65.4 Å². The van der Waals surface area contributed by atoms with E-state index in [-0.39, 0.29) is 42.2 Å². The topological polar surface area (TPSA) is 117 Å². The van der Waals surface area contributed by atoms with Crippen LogP contribution in [0.2, 0.25) is 0 Å². The van der Waals surface area contributed by atoms with Crippen LogP contribution in [0.25, 0.3) is 0 Å². The number of carbonyl (C=O) groups is 2. The van der Waals surface area contributed by atoms with Crippen LogP contribution in [0.3, 0.4) is 0 Å². The number of rotatable bonds is 19. The molecule has 0 spiro atoms. The van der Waals surface area contributed by atoms with Crippen LogP contribution in [0, 0.1) is 23.2 Å². The summed E-state index contributed by atoms with van der Waals surface area (Å²) in [5.41, 5.74) is 1.67. The summed E-state index contributed by atoms with van der Waals surface area (Å²) in [7, 11) is 0. The van der Waals surface area contributed by atoms with Gasteiger partial charge in [-0.3, -0.25) is 0 Å². The van der Waals surface area contributed by atoms with Crippen LogP contribution in [0.15, 0.2) is 60.7 Å². The van der Waals surface area contributed by atoms with Crippen LogP contribution in [0.1, 0.15) is 85.6 Å². The highest BCUT2D eigenvalue weighted by molar-refractivity contribution is 5.92. The van der Waals surface area contributed by atoms with Gasteiger partial charge in [-0.25, -0.2) is 9.59 Å². The second kappa shape index (κ2) is 16.7. The molecule has 0 aromatic heterocycles. The lowest BCUT2D eigenvalue weighted by Crippen LogP contribution is -2.43. The standard InChI is InChI=1S/C41H50O11/c1-29-19-33(51-37(42)30-7-10-32(11-8-30)48-26-47-25-41(4)23-44-24-41)12-14-34(29)52-38(43)31-9-13-35(49-27-45-21-39(2)15-5-16-39)36(20-31)50-28-46-22-40(3)17-6-18-40/h7-14,19-20H,5-6,15-18,21-28H2,1-4H3. The number of benzene rings is 3. The van der Waals surface area contributed by atoms with Gasteiger partial charge in [0.2, 0.25) is 0 Å². The predicted octanol–water partition coefficient (Wildman–Crippen LogP) is 7.91. The molecule has 0 radical (unpaired) electrons. The van der Waals surface area contributed by atoms with E-state index >= 15 is 0 Å². The summed E-state index contributed by atoms with van der Waals surface area (Å²) in [6.45, 7) is 11.6. The Morgan fingerprint density at radius 1 is 0.577 bits per heavy atom. The molecule has 0 unspecified atom stereocenters. The number of carbonyl (C=O) groups excluding carboxylic acids is 2. The fraction of sp³-hybridized carbons (Fsp3) is 0.512. The number of aryl methyl sites for hydroxylation is 1. The molecule has 3 aliphatic rings. The minimum atomic E-state index is -0.583. The first-order valence-corrected chi connectivity index (χ1v) is 18.0. The maximum atomic E-state index is 13.3. The van der Waals surface area contributed by atoms with Crippen LogP contribution in [0.5, 0.6) is 28.7 Å². The fourth-order valence-corrected chi connectivity index (χ4v) is 6.25. The Morgan fingerprint density at radius 2 is 1.10 bits per heavy atom. The Kier molecular flexibility index (Phi) is 12.1. The Labute approximate surface area is 305 Å². The zero-order valence-corrected chi connectivity index (χ0v) is 30.7. The molecule has 52 heavy (non-hydrogen) atoms. The van der Waals surface area contributed by atoms with E-state index in [2.05, 4.69) is 20.8 Å². The van der Waals surface area contributed by atoms with Crippen LogP contribution in [0.4, 0.5) is 0 Å². The summed E-state index contributed by atoms with van der Waals surface area (Å²) in [5, 5.41) is 0. The molecule has 1 aliphatic heterocycles. The van der Waals surface area contributed by atoms with E-state index in [4.69, 9.17) is 42.6 Å². The van der Waals surface area contributed by atoms with Gasteiger partial charge < -0.3 is 42.6 Å². The zero-order valence-electron chi connectivity index (χ0n) is 30.7. The van der Waals surface area contributed by atoms with Gasteiger partial charge in [0, 0.05) is 5.41 Å². The molecule has 280 valence electrons. The smallest absolute Gasteiger partial charge is 0.343 e. The van der Waals surface area contributed by atoms with Crippen molar-refractivity contribution in [2.45, 2.75) is 66.2 Å². The number of hydrogen-bond donors (Lipinski definition) is 0. The van der Waals surface area contributed by atoms with Crippen molar-refractivity contribution in [3.05, 3.63) is 77.4 Å². The van der Waals surface area contributed by atoms with E-state index in [1.54, 1.807) is 67.6 Å². The second-order valence-electron chi connectivity index (χ2n) is 15.4. The molecule has 0 atom stereocenters. The average Bonchev–Trinajstić information content (AvgIpc) is 3.09.